The molecule has 1 spiro atoms. The summed E-state index contributed by atoms with van der Waals surface area (Å²) >= 11 is 0. The van der Waals surface area contributed by atoms with E-state index in [1.807, 2.05) is 0 Å². The number of hydrogen-bond acceptors (Lipinski definition) is 4. The second-order valence-electron chi connectivity index (χ2n) is 8.72. The SMILES string of the molecule is C/C=C1/CN2[C@H]3C[C@@]45c6ccc(OC)cc6N(C)[C@H]4[C@@H]2C[C@@H]1[C@@H]3[C@@H]5O. The van der Waals surface area contributed by atoms with Crippen LogP contribution in [0, 0.1) is 11.8 Å². The Labute approximate surface area is 149 Å². The molecule has 1 aromatic carbocycles. The molecule has 6 aliphatic rings. The first-order valence-electron chi connectivity index (χ1n) is 9.62. The van der Waals surface area contributed by atoms with E-state index in [2.05, 4.69) is 48.0 Å². The first-order valence-corrected chi connectivity index (χ1v) is 9.62. The highest BCUT2D eigenvalue weighted by atomic mass is 16.5. The van der Waals surface area contributed by atoms with Crippen LogP contribution in [0.5, 0.6) is 5.75 Å². The molecule has 1 aliphatic carbocycles. The first kappa shape index (κ1) is 14.6. The molecule has 1 unspecified atom stereocenters. The third kappa shape index (κ3) is 1.39. The van der Waals surface area contributed by atoms with Gasteiger partial charge in [0.2, 0.25) is 0 Å². The molecule has 1 saturated carbocycles. The molecule has 0 aromatic heterocycles. The maximum absolute atomic E-state index is 11.7. The van der Waals surface area contributed by atoms with Crippen LogP contribution in [0.1, 0.15) is 25.3 Å². The predicted octanol–water partition coefficient (Wildman–Crippen LogP) is 2.16. The standard InChI is InChI=1S/C21H26N2O2/c1-4-11-10-23-16-8-13(11)18-17(23)9-21(20(18)24)14-6-5-12(25-3)7-15(14)22(2)19(16)21/h4-7,13,16-20,24H,8-10H2,1-3H3/b11-4-/t13-,16-,17-,18-,19-,20-,21+/m0/s1. The zero-order chi connectivity index (χ0) is 17.1. The Morgan fingerprint density at radius 3 is 2.92 bits per heavy atom. The summed E-state index contributed by atoms with van der Waals surface area (Å²) in [4.78, 5) is 5.19. The molecule has 4 nitrogen and oxygen atoms in total. The van der Waals surface area contributed by atoms with Gasteiger partial charge in [-0.1, -0.05) is 17.7 Å². The molecule has 5 fully saturated rings. The summed E-state index contributed by atoms with van der Waals surface area (Å²) in [5.41, 5.74) is 4.09. The number of anilines is 1. The molecule has 25 heavy (non-hydrogen) atoms. The number of aliphatic hydroxyl groups excluding tert-OH is 1. The number of methoxy groups -OCH3 is 1. The largest absolute Gasteiger partial charge is 0.497 e. The fourth-order valence-corrected chi connectivity index (χ4v) is 7.50. The minimum Gasteiger partial charge on any atom is -0.497 e. The summed E-state index contributed by atoms with van der Waals surface area (Å²) in [7, 11) is 3.95. The Kier molecular flexibility index (Phi) is 2.58. The molecule has 8 atom stereocenters. The van der Waals surface area contributed by atoms with Gasteiger partial charge in [0.1, 0.15) is 5.75 Å². The number of benzene rings is 1. The molecule has 7 rings (SSSR count). The topological polar surface area (TPSA) is 35.9 Å². The van der Waals surface area contributed by atoms with Crippen molar-refractivity contribution in [3.8, 4) is 5.75 Å². The highest BCUT2D eigenvalue weighted by Gasteiger charge is 2.74. The average molecular weight is 338 g/mol. The number of piperidine rings is 4. The van der Waals surface area contributed by atoms with Gasteiger partial charge in [-0.2, -0.15) is 0 Å². The summed E-state index contributed by atoms with van der Waals surface area (Å²) < 4.78 is 5.48. The lowest BCUT2D eigenvalue weighted by molar-refractivity contribution is -0.0345. The van der Waals surface area contributed by atoms with E-state index in [1.54, 1.807) is 12.7 Å². The molecule has 0 amide bonds. The molecule has 4 heteroatoms. The van der Waals surface area contributed by atoms with Crippen molar-refractivity contribution in [2.75, 3.05) is 25.6 Å². The van der Waals surface area contributed by atoms with Gasteiger partial charge in [0.05, 0.1) is 19.3 Å². The quantitative estimate of drug-likeness (QED) is 0.796. The number of ether oxygens (including phenoxy) is 1. The van der Waals surface area contributed by atoms with Gasteiger partial charge in [0, 0.05) is 48.8 Å². The van der Waals surface area contributed by atoms with Crippen LogP contribution in [0.4, 0.5) is 5.69 Å². The highest BCUT2D eigenvalue weighted by Crippen LogP contribution is 2.67. The Balaban J connectivity index is 1.58. The Morgan fingerprint density at radius 2 is 2.16 bits per heavy atom. The van der Waals surface area contributed by atoms with Crippen LogP contribution in [-0.2, 0) is 5.41 Å². The molecule has 5 bridgehead atoms. The highest BCUT2D eigenvalue weighted by molar-refractivity contribution is 5.69. The lowest BCUT2D eigenvalue weighted by Crippen LogP contribution is -2.68. The van der Waals surface area contributed by atoms with E-state index in [4.69, 9.17) is 4.74 Å². The van der Waals surface area contributed by atoms with Crippen molar-refractivity contribution in [2.45, 2.75) is 49.4 Å². The second-order valence-corrected chi connectivity index (χ2v) is 8.72. The molecule has 1 aromatic rings. The van der Waals surface area contributed by atoms with Crippen molar-refractivity contribution in [1.29, 1.82) is 0 Å². The van der Waals surface area contributed by atoms with Crippen LogP contribution in [0.2, 0.25) is 0 Å². The van der Waals surface area contributed by atoms with E-state index in [0.29, 0.717) is 30.0 Å². The number of hydrogen-bond donors (Lipinski definition) is 1. The van der Waals surface area contributed by atoms with Crippen LogP contribution >= 0.6 is 0 Å². The number of likely N-dealkylation sites (N-methyl/N-ethyl adjacent to an activating group) is 1. The molecule has 132 valence electrons. The molecular formula is C21H26N2O2. The average Bonchev–Trinajstić information content (AvgIpc) is 3.03. The Hall–Kier alpha value is -1.52. The zero-order valence-corrected chi connectivity index (χ0v) is 15.1. The molecule has 5 aliphatic heterocycles. The number of aliphatic hydroxyl groups is 1. The van der Waals surface area contributed by atoms with E-state index in [-0.39, 0.29) is 11.5 Å². The van der Waals surface area contributed by atoms with Crippen molar-refractivity contribution in [1.82, 2.24) is 4.90 Å². The maximum atomic E-state index is 11.7. The van der Waals surface area contributed by atoms with Gasteiger partial charge in [-0.15, -0.1) is 0 Å². The number of nitrogens with zero attached hydrogens (tertiary/aromatic N) is 2. The van der Waals surface area contributed by atoms with Gasteiger partial charge >= 0.3 is 0 Å². The van der Waals surface area contributed by atoms with Crippen LogP contribution in [0.15, 0.2) is 29.8 Å². The van der Waals surface area contributed by atoms with E-state index in [1.165, 1.54) is 17.7 Å². The smallest absolute Gasteiger partial charge is 0.120 e. The fraction of sp³-hybridized carbons (Fsp3) is 0.619. The van der Waals surface area contributed by atoms with Crippen molar-refractivity contribution in [3.63, 3.8) is 0 Å². The summed E-state index contributed by atoms with van der Waals surface area (Å²) in [5.74, 6) is 1.90. The van der Waals surface area contributed by atoms with Crippen molar-refractivity contribution < 1.29 is 9.84 Å². The third-order valence-corrected chi connectivity index (χ3v) is 8.30. The predicted molar refractivity (Wildman–Crippen MR) is 97.1 cm³/mol. The van der Waals surface area contributed by atoms with E-state index in [9.17, 15) is 5.11 Å². The van der Waals surface area contributed by atoms with Crippen LogP contribution in [0.25, 0.3) is 0 Å². The number of rotatable bonds is 1. The minimum absolute atomic E-state index is 0.0925. The zero-order valence-electron chi connectivity index (χ0n) is 15.1. The maximum Gasteiger partial charge on any atom is 0.120 e. The molecule has 0 radical (unpaired) electrons. The van der Waals surface area contributed by atoms with Gasteiger partial charge in [0.25, 0.3) is 0 Å². The van der Waals surface area contributed by atoms with Crippen LogP contribution in [0.3, 0.4) is 0 Å². The molecule has 1 N–H and O–H groups in total. The normalized spacial score (nSPS) is 49.7. The van der Waals surface area contributed by atoms with Gasteiger partial charge in [-0.25, -0.2) is 0 Å². The van der Waals surface area contributed by atoms with Crippen LogP contribution in [-0.4, -0.2) is 54.9 Å². The lowest BCUT2D eigenvalue weighted by Gasteiger charge is -2.58. The number of allylic oxidation sites excluding steroid dienone is 1. The molecule has 5 heterocycles. The molecular weight excluding hydrogens is 312 g/mol. The Bertz CT molecular complexity index is 805. The van der Waals surface area contributed by atoms with E-state index in [0.717, 1.165) is 18.7 Å². The second kappa shape index (κ2) is 4.41. The lowest BCUT2D eigenvalue weighted by atomic mass is 9.65. The van der Waals surface area contributed by atoms with Gasteiger partial charge in [-0.3, -0.25) is 4.90 Å². The van der Waals surface area contributed by atoms with Crippen molar-refractivity contribution in [2.24, 2.45) is 11.8 Å². The summed E-state index contributed by atoms with van der Waals surface area (Å²) in [6.07, 6.45) is 4.39. The molecule has 4 saturated heterocycles. The van der Waals surface area contributed by atoms with Crippen LogP contribution < -0.4 is 9.64 Å². The summed E-state index contributed by atoms with van der Waals surface area (Å²) in [6, 6.07) is 7.97. The van der Waals surface area contributed by atoms with E-state index >= 15 is 0 Å². The van der Waals surface area contributed by atoms with Crippen molar-refractivity contribution in [3.05, 3.63) is 35.4 Å². The first-order chi connectivity index (χ1) is 12.1. The Morgan fingerprint density at radius 1 is 1.32 bits per heavy atom. The monoisotopic (exact) mass is 338 g/mol. The van der Waals surface area contributed by atoms with Crippen molar-refractivity contribution >= 4 is 5.69 Å². The van der Waals surface area contributed by atoms with Gasteiger partial charge < -0.3 is 14.7 Å². The van der Waals surface area contributed by atoms with E-state index < -0.39 is 0 Å². The third-order valence-electron chi connectivity index (χ3n) is 8.30. The summed E-state index contributed by atoms with van der Waals surface area (Å²) in [6.45, 7) is 3.28. The number of fused-ring (bicyclic) bond motifs is 2. The van der Waals surface area contributed by atoms with Gasteiger partial charge in [0.15, 0.2) is 0 Å². The van der Waals surface area contributed by atoms with Gasteiger partial charge in [-0.05, 0) is 37.3 Å². The fourth-order valence-electron chi connectivity index (χ4n) is 7.50. The minimum atomic E-state index is -0.241. The summed E-state index contributed by atoms with van der Waals surface area (Å²) in [5, 5.41) is 11.7.